The van der Waals surface area contributed by atoms with Gasteiger partial charge in [0.15, 0.2) is 0 Å². The van der Waals surface area contributed by atoms with Gasteiger partial charge in [-0.3, -0.25) is 0 Å². The van der Waals surface area contributed by atoms with Crippen LogP contribution in [0.1, 0.15) is 0 Å². The van der Waals surface area contributed by atoms with Gasteiger partial charge in [0, 0.05) is 6.54 Å². The zero-order valence-corrected chi connectivity index (χ0v) is 14.3. The van der Waals surface area contributed by atoms with Crippen LogP contribution in [-0.2, 0) is 10.0 Å². The lowest BCUT2D eigenvalue weighted by atomic mass is 10.3. The summed E-state index contributed by atoms with van der Waals surface area (Å²) in [6.07, 6.45) is 0. The summed E-state index contributed by atoms with van der Waals surface area (Å²) in [6.45, 7) is 0.531. The third kappa shape index (κ3) is 6.47. The van der Waals surface area contributed by atoms with E-state index in [0.29, 0.717) is 11.5 Å². The van der Waals surface area contributed by atoms with E-state index in [0.717, 1.165) is 5.75 Å². The predicted octanol–water partition coefficient (Wildman–Crippen LogP) is 2.07. The molecule has 0 aliphatic heterocycles. The molecule has 0 bridgehead atoms. The molecule has 2 aromatic carbocycles. The summed E-state index contributed by atoms with van der Waals surface area (Å²) in [5.74, 6) is 1.93. The largest absolute Gasteiger partial charge is 0.497 e. The lowest BCUT2D eigenvalue weighted by molar-refractivity contribution is 0.320. The fourth-order valence-electron chi connectivity index (χ4n) is 1.90. The first-order valence-corrected chi connectivity index (χ1v) is 9.16. The number of methoxy groups -OCH3 is 1. The minimum atomic E-state index is -3.39. The highest BCUT2D eigenvalue weighted by atomic mass is 32.2. The predicted molar refractivity (Wildman–Crippen MR) is 92.2 cm³/mol. The monoisotopic (exact) mass is 351 g/mol. The van der Waals surface area contributed by atoms with Gasteiger partial charge in [0.1, 0.15) is 30.5 Å². The molecule has 1 N–H and O–H groups in total. The molecule has 0 saturated carbocycles. The minimum Gasteiger partial charge on any atom is -0.497 e. The van der Waals surface area contributed by atoms with Crippen LogP contribution in [0.4, 0.5) is 0 Å². The van der Waals surface area contributed by atoms with E-state index in [-0.39, 0.29) is 25.5 Å². The van der Waals surface area contributed by atoms with Gasteiger partial charge < -0.3 is 14.2 Å². The van der Waals surface area contributed by atoms with E-state index >= 15 is 0 Å². The molecule has 0 amide bonds. The SMILES string of the molecule is COc1ccc(OCCNS(=O)(=O)CCOc2ccccc2)cc1. The van der Waals surface area contributed by atoms with Gasteiger partial charge in [-0.15, -0.1) is 0 Å². The summed E-state index contributed by atoms with van der Waals surface area (Å²) in [7, 11) is -1.80. The lowest BCUT2D eigenvalue weighted by Gasteiger charge is -2.10. The first-order valence-electron chi connectivity index (χ1n) is 7.51. The summed E-state index contributed by atoms with van der Waals surface area (Å²) in [5.41, 5.74) is 0. The van der Waals surface area contributed by atoms with Crippen molar-refractivity contribution in [1.82, 2.24) is 4.72 Å². The third-order valence-corrected chi connectivity index (χ3v) is 4.46. The number of benzene rings is 2. The first kappa shape index (κ1) is 18.1. The Bertz CT molecular complexity index is 702. The van der Waals surface area contributed by atoms with Gasteiger partial charge in [0.25, 0.3) is 0 Å². The first-order chi connectivity index (χ1) is 11.6. The van der Waals surface area contributed by atoms with Crippen LogP contribution >= 0.6 is 0 Å². The minimum absolute atomic E-state index is 0.0959. The van der Waals surface area contributed by atoms with Gasteiger partial charge >= 0.3 is 0 Å². The molecule has 0 heterocycles. The van der Waals surface area contributed by atoms with E-state index in [1.165, 1.54) is 0 Å². The van der Waals surface area contributed by atoms with Crippen LogP contribution in [-0.4, -0.2) is 41.0 Å². The van der Waals surface area contributed by atoms with E-state index in [1.807, 2.05) is 18.2 Å². The second-order valence-electron chi connectivity index (χ2n) is 4.90. The quantitative estimate of drug-likeness (QED) is 0.664. The molecule has 0 aromatic heterocycles. The lowest BCUT2D eigenvalue weighted by Crippen LogP contribution is -2.32. The maximum absolute atomic E-state index is 11.9. The Morgan fingerprint density at radius 1 is 0.833 bits per heavy atom. The normalized spacial score (nSPS) is 11.0. The molecule has 130 valence electrons. The highest BCUT2D eigenvalue weighted by Gasteiger charge is 2.10. The average molecular weight is 351 g/mol. The van der Waals surface area contributed by atoms with E-state index in [2.05, 4.69) is 4.72 Å². The van der Waals surface area contributed by atoms with E-state index in [4.69, 9.17) is 14.2 Å². The molecule has 0 aliphatic rings. The van der Waals surface area contributed by atoms with Crippen LogP contribution in [0.2, 0.25) is 0 Å². The number of ether oxygens (including phenoxy) is 3. The highest BCUT2D eigenvalue weighted by Crippen LogP contribution is 2.16. The summed E-state index contributed by atoms with van der Waals surface area (Å²) in [4.78, 5) is 0. The molecule has 0 fully saturated rings. The number of hydrogen-bond acceptors (Lipinski definition) is 5. The molecule has 2 rings (SSSR count). The molecule has 24 heavy (non-hydrogen) atoms. The molecule has 0 saturated heterocycles. The van der Waals surface area contributed by atoms with Crippen molar-refractivity contribution in [3.63, 3.8) is 0 Å². The van der Waals surface area contributed by atoms with Crippen molar-refractivity contribution in [2.45, 2.75) is 0 Å². The van der Waals surface area contributed by atoms with Crippen molar-refractivity contribution in [2.24, 2.45) is 0 Å². The van der Waals surface area contributed by atoms with Crippen molar-refractivity contribution in [3.05, 3.63) is 54.6 Å². The van der Waals surface area contributed by atoms with Gasteiger partial charge in [-0.25, -0.2) is 13.1 Å². The molecule has 7 heteroatoms. The van der Waals surface area contributed by atoms with Crippen molar-refractivity contribution >= 4 is 10.0 Å². The van der Waals surface area contributed by atoms with E-state index in [9.17, 15) is 8.42 Å². The Kier molecular flexibility index (Phi) is 6.89. The van der Waals surface area contributed by atoms with Crippen LogP contribution in [0, 0.1) is 0 Å². The molecular formula is C17H21NO5S. The molecule has 0 aliphatic carbocycles. The third-order valence-electron chi connectivity index (χ3n) is 3.12. The zero-order chi connectivity index (χ0) is 17.3. The Balaban J connectivity index is 1.64. The molecule has 0 radical (unpaired) electrons. The van der Waals surface area contributed by atoms with Crippen LogP contribution < -0.4 is 18.9 Å². The van der Waals surface area contributed by atoms with Gasteiger partial charge in [-0.1, -0.05) is 18.2 Å². The number of hydrogen-bond donors (Lipinski definition) is 1. The Labute approximate surface area is 142 Å². The standard InChI is InChI=1S/C17H21NO5S/c1-21-15-7-9-17(10-8-15)22-12-11-18-24(19,20)14-13-23-16-5-3-2-4-6-16/h2-10,18H,11-14H2,1H3. The van der Waals surface area contributed by atoms with Crippen LogP contribution in [0.15, 0.2) is 54.6 Å². The smallest absolute Gasteiger partial charge is 0.215 e. The van der Waals surface area contributed by atoms with Crippen molar-refractivity contribution in [3.8, 4) is 17.2 Å². The van der Waals surface area contributed by atoms with Gasteiger partial charge in [0.05, 0.1) is 12.9 Å². The molecule has 0 atom stereocenters. The number of para-hydroxylation sites is 1. The average Bonchev–Trinajstić information content (AvgIpc) is 2.60. The van der Waals surface area contributed by atoms with Crippen LogP contribution in [0.25, 0.3) is 0 Å². The number of sulfonamides is 1. The number of rotatable bonds is 10. The Morgan fingerprint density at radius 3 is 2.08 bits per heavy atom. The van der Waals surface area contributed by atoms with Crippen molar-refractivity contribution in [2.75, 3.05) is 32.6 Å². The molecule has 0 unspecified atom stereocenters. The van der Waals surface area contributed by atoms with Gasteiger partial charge in [0.2, 0.25) is 10.0 Å². The van der Waals surface area contributed by atoms with Gasteiger partial charge in [-0.05, 0) is 36.4 Å². The molecule has 6 nitrogen and oxygen atoms in total. The maximum Gasteiger partial charge on any atom is 0.215 e. The van der Waals surface area contributed by atoms with Crippen LogP contribution in [0.5, 0.6) is 17.2 Å². The second kappa shape index (κ2) is 9.14. The molecule has 2 aromatic rings. The number of nitrogens with one attached hydrogen (secondary N) is 1. The zero-order valence-electron chi connectivity index (χ0n) is 13.5. The topological polar surface area (TPSA) is 73.9 Å². The van der Waals surface area contributed by atoms with E-state index in [1.54, 1.807) is 43.5 Å². The second-order valence-corrected chi connectivity index (χ2v) is 6.83. The highest BCUT2D eigenvalue weighted by molar-refractivity contribution is 7.89. The Morgan fingerprint density at radius 2 is 1.42 bits per heavy atom. The molecule has 0 spiro atoms. The van der Waals surface area contributed by atoms with Gasteiger partial charge in [-0.2, -0.15) is 0 Å². The summed E-state index contributed by atoms with van der Waals surface area (Å²) in [5, 5.41) is 0. The summed E-state index contributed by atoms with van der Waals surface area (Å²) < 4.78 is 42.1. The van der Waals surface area contributed by atoms with Crippen molar-refractivity contribution < 1.29 is 22.6 Å². The fourth-order valence-corrected chi connectivity index (χ4v) is 2.74. The van der Waals surface area contributed by atoms with E-state index < -0.39 is 10.0 Å². The van der Waals surface area contributed by atoms with Crippen LogP contribution in [0.3, 0.4) is 0 Å². The van der Waals surface area contributed by atoms with Crippen molar-refractivity contribution in [1.29, 1.82) is 0 Å². The summed E-state index contributed by atoms with van der Waals surface area (Å²) >= 11 is 0. The fraction of sp³-hybridized carbons (Fsp3) is 0.294. The molecular weight excluding hydrogens is 330 g/mol. The summed E-state index contributed by atoms with van der Waals surface area (Å²) in [6, 6.07) is 16.2. The Hall–Kier alpha value is -2.25. The maximum atomic E-state index is 11.9.